The number of rotatable bonds is 8. The molecule has 0 radical (unpaired) electrons. The fraction of sp³-hybridized carbons (Fsp3) is 0.278. The van der Waals surface area contributed by atoms with Crippen LogP contribution in [0.25, 0.3) is 0 Å². The van der Waals surface area contributed by atoms with Crippen molar-refractivity contribution in [3.63, 3.8) is 0 Å². The van der Waals surface area contributed by atoms with Gasteiger partial charge in [0.1, 0.15) is 6.04 Å². The molecule has 2 aromatic rings. The van der Waals surface area contributed by atoms with E-state index in [1.165, 1.54) is 18.4 Å². The lowest BCUT2D eigenvalue weighted by atomic mass is 10.1. The van der Waals surface area contributed by atoms with Crippen molar-refractivity contribution in [1.82, 2.24) is 5.32 Å². The summed E-state index contributed by atoms with van der Waals surface area (Å²) >= 11 is 6.00. The van der Waals surface area contributed by atoms with Gasteiger partial charge in [-0.25, -0.2) is 4.79 Å². The molecule has 1 atom stereocenters. The number of hydrogen-bond acceptors (Lipinski definition) is 4. The van der Waals surface area contributed by atoms with Gasteiger partial charge in [0.25, 0.3) is 5.91 Å². The van der Waals surface area contributed by atoms with Crippen molar-refractivity contribution in [3.05, 3.63) is 47.4 Å². The molecule has 27 heavy (non-hydrogen) atoms. The lowest BCUT2D eigenvalue weighted by Crippen LogP contribution is -2.46. The van der Waals surface area contributed by atoms with Crippen molar-refractivity contribution in [2.45, 2.75) is 32.2 Å². The van der Waals surface area contributed by atoms with Gasteiger partial charge in [-0.3, -0.25) is 9.59 Å². The summed E-state index contributed by atoms with van der Waals surface area (Å²) in [5.74, 6) is -0.822. The molecule has 0 bridgehead atoms. The molecule has 8 nitrogen and oxygen atoms in total. The molecule has 1 heterocycles. The number of amides is 4. The molecule has 4 amide bonds. The quantitative estimate of drug-likeness (QED) is 0.549. The highest BCUT2D eigenvalue weighted by molar-refractivity contribution is 6.31. The molecule has 5 N–H and O–H groups in total. The molecule has 1 unspecified atom stereocenters. The van der Waals surface area contributed by atoms with Crippen molar-refractivity contribution in [2.24, 2.45) is 5.73 Å². The monoisotopic (exact) mass is 392 g/mol. The minimum atomic E-state index is -0.785. The molecule has 0 aliphatic carbocycles. The molecule has 0 saturated carbocycles. The zero-order valence-corrected chi connectivity index (χ0v) is 15.5. The Morgan fingerprint density at radius 1 is 1.19 bits per heavy atom. The fourth-order valence-corrected chi connectivity index (χ4v) is 2.56. The molecule has 0 spiro atoms. The Hall–Kier alpha value is -3.00. The summed E-state index contributed by atoms with van der Waals surface area (Å²) in [5.41, 5.74) is 5.78. The molecular weight excluding hydrogens is 372 g/mol. The van der Waals surface area contributed by atoms with Crippen LogP contribution in [0.1, 0.15) is 36.7 Å². The maximum atomic E-state index is 12.6. The van der Waals surface area contributed by atoms with Crippen molar-refractivity contribution in [2.75, 3.05) is 10.6 Å². The Morgan fingerprint density at radius 3 is 2.59 bits per heavy atom. The maximum Gasteiger partial charge on any atom is 0.312 e. The molecule has 0 aliphatic rings. The highest BCUT2D eigenvalue weighted by atomic mass is 35.5. The largest absolute Gasteiger partial charge is 0.459 e. The summed E-state index contributed by atoms with van der Waals surface area (Å²) in [4.78, 5) is 35.9. The summed E-state index contributed by atoms with van der Waals surface area (Å²) < 4.78 is 5.05. The standard InChI is InChI=1S/C18H21ClN4O4/c1-2-3-5-13(23-18(20)26)16(24)21-12-8-7-11(19)10-14(12)22-17(25)15-6-4-9-27-15/h4,6-10,13H,2-3,5H2,1H3,(H,21,24)(H,22,25)(H3,20,23,26). The lowest BCUT2D eigenvalue weighted by molar-refractivity contribution is -0.118. The second kappa shape index (κ2) is 9.63. The zero-order chi connectivity index (χ0) is 19.8. The Morgan fingerprint density at radius 2 is 1.96 bits per heavy atom. The third-order valence-corrected chi connectivity index (χ3v) is 3.95. The van der Waals surface area contributed by atoms with Crippen LogP contribution in [0.5, 0.6) is 0 Å². The van der Waals surface area contributed by atoms with Crippen LogP contribution in [0.15, 0.2) is 41.0 Å². The first-order chi connectivity index (χ1) is 12.9. The molecule has 1 aromatic heterocycles. The second-order valence-electron chi connectivity index (χ2n) is 5.81. The number of anilines is 2. The number of carbonyl (C=O) groups is 3. The van der Waals surface area contributed by atoms with E-state index in [0.29, 0.717) is 22.8 Å². The minimum absolute atomic E-state index is 0.114. The molecule has 0 saturated heterocycles. The van der Waals surface area contributed by atoms with Gasteiger partial charge in [0.05, 0.1) is 17.6 Å². The number of primary amides is 1. The van der Waals surface area contributed by atoms with Crippen LogP contribution in [0.3, 0.4) is 0 Å². The normalized spacial score (nSPS) is 11.5. The number of unbranched alkanes of at least 4 members (excludes halogenated alkanes) is 1. The van der Waals surface area contributed by atoms with Gasteiger partial charge in [-0.15, -0.1) is 0 Å². The van der Waals surface area contributed by atoms with Gasteiger partial charge in [-0.1, -0.05) is 31.4 Å². The van der Waals surface area contributed by atoms with Crippen LogP contribution in [-0.2, 0) is 4.79 Å². The van der Waals surface area contributed by atoms with Crippen LogP contribution in [0, 0.1) is 0 Å². The van der Waals surface area contributed by atoms with Crippen LogP contribution in [-0.4, -0.2) is 23.9 Å². The number of hydrogen-bond donors (Lipinski definition) is 4. The first-order valence-electron chi connectivity index (χ1n) is 8.42. The van der Waals surface area contributed by atoms with Gasteiger partial charge >= 0.3 is 6.03 Å². The van der Waals surface area contributed by atoms with E-state index in [9.17, 15) is 14.4 Å². The van der Waals surface area contributed by atoms with E-state index in [0.717, 1.165) is 12.8 Å². The van der Waals surface area contributed by atoms with Gasteiger partial charge in [-0.2, -0.15) is 0 Å². The summed E-state index contributed by atoms with van der Waals surface area (Å²) in [6.45, 7) is 1.97. The average Bonchev–Trinajstić information content (AvgIpc) is 3.15. The van der Waals surface area contributed by atoms with Crippen molar-refractivity contribution in [1.29, 1.82) is 0 Å². The second-order valence-corrected chi connectivity index (χ2v) is 6.25. The molecule has 144 valence electrons. The molecule has 0 aliphatic heterocycles. The van der Waals surface area contributed by atoms with Crippen molar-refractivity contribution in [3.8, 4) is 0 Å². The lowest BCUT2D eigenvalue weighted by Gasteiger charge is -2.18. The van der Waals surface area contributed by atoms with Crippen molar-refractivity contribution < 1.29 is 18.8 Å². The predicted octanol–water partition coefficient (Wildman–Crippen LogP) is 3.35. The minimum Gasteiger partial charge on any atom is -0.459 e. The SMILES string of the molecule is CCCCC(NC(N)=O)C(=O)Nc1ccc(Cl)cc1NC(=O)c1ccco1. The Balaban J connectivity index is 2.17. The first kappa shape index (κ1) is 20.3. The molecule has 0 fully saturated rings. The Kier molecular flexibility index (Phi) is 7.25. The third-order valence-electron chi connectivity index (χ3n) is 3.71. The van der Waals surface area contributed by atoms with Crippen LogP contribution in [0.2, 0.25) is 5.02 Å². The summed E-state index contributed by atoms with van der Waals surface area (Å²) in [6, 6.07) is 6.15. The van der Waals surface area contributed by atoms with Crippen molar-refractivity contribution >= 4 is 40.8 Å². The number of nitrogens with one attached hydrogen (secondary N) is 3. The van der Waals surface area contributed by atoms with Gasteiger partial charge < -0.3 is 26.1 Å². The van der Waals surface area contributed by atoms with E-state index in [4.69, 9.17) is 21.8 Å². The number of furan rings is 1. The van der Waals surface area contributed by atoms with E-state index in [2.05, 4.69) is 16.0 Å². The number of urea groups is 1. The van der Waals surface area contributed by atoms with E-state index < -0.39 is 23.9 Å². The van der Waals surface area contributed by atoms with Gasteiger partial charge in [0, 0.05) is 5.02 Å². The first-order valence-corrected chi connectivity index (χ1v) is 8.79. The van der Waals surface area contributed by atoms with Gasteiger partial charge in [-0.05, 0) is 36.8 Å². The molecule has 1 aromatic carbocycles. The summed E-state index contributed by atoms with van der Waals surface area (Å²) in [5, 5.41) is 8.13. The number of halogens is 1. The van der Waals surface area contributed by atoms with Crippen LogP contribution < -0.4 is 21.7 Å². The smallest absolute Gasteiger partial charge is 0.312 e. The van der Waals surface area contributed by atoms with Crippen LogP contribution >= 0.6 is 11.6 Å². The van der Waals surface area contributed by atoms with E-state index in [1.807, 2.05) is 6.92 Å². The number of benzene rings is 1. The van der Waals surface area contributed by atoms with E-state index in [1.54, 1.807) is 18.2 Å². The highest BCUT2D eigenvalue weighted by Crippen LogP contribution is 2.27. The van der Waals surface area contributed by atoms with Crippen LogP contribution in [0.4, 0.5) is 16.2 Å². The van der Waals surface area contributed by atoms with E-state index in [-0.39, 0.29) is 5.76 Å². The van der Waals surface area contributed by atoms with E-state index >= 15 is 0 Å². The molecule has 9 heteroatoms. The van der Waals surface area contributed by atoms with Gasteiger partial charge in [0.15, 0.2) is 5.76 Å². The topological polar surface area (TPSA) is 126 Å². The van der Waals surface area contributed by atoms with Gasteiger partial charge in [0.2, 0.25) is 5.91 Å². The molecular formula is C18H21ClN4O4. The Bertz CT molecular complexity index is 808. The predicted molar refractivity (Wildman–Crippen MR) is 103 cm³/mol. The fourth-order valence-electron chi connectivity index (χ4n) is 2.39. The number of carbonyl (C=O) groups excluding carboxylic acids is 3. The highest BCUT2D eigenvalue weighted by Gasteiger charge is 2.21. The Labute approximate surface area is 161 Å². The summed E-state index contributed by atoms with van der Waals surface area (Å²) in [7, 11) is 0. The zero-order valence-electron chi connectivity index (χ0n) is 14.8. The summed E-state index contributed by atoms with van der Waals surface area (Å²) in [6.07, 6.45) is 3.41. The average molecular weight is 393 g/mol. The number of nitrogens with two attached hydrogens (primary N) is 1. The molecule has 2 rings (SSSR count). The maximum absolute atomic E-state index is 12.6. The third kappa shape index (κ3) is 6.03.